The summed E-state index contributed by atoms with van der Waals surface area (Å²) in [4.78, 5) is 15.2. The van der Waals surface area contributed by atoms with E-state index in [1.165, 1.54) is 18.3 Å². The van der Waals surface area contributed by atoms with Crippen LogP contribution in [0.4, 0.5) is 19.0 Å². The van der Waals surface area contributed by atoms with Gasteiger partial charge in [-0.3, -0.25) is 9.18 Å². The minimum absolute atomic E-state index is 0.0513. The van der Waals surface area contributed by atoms with Crippen LogP contribution < -0.4 is 4.31 Å². The number of allylic oxidation sites excluding steroid dienone is 1. The molecule has 25 heavy (non-hydrogen) atoms. The lowest BCUT2D eigenvalue weighted by Crippen LogP contribution is -2.40. The number of alkyl halides is 3. The van der Waals surface area contributed by atoms with E-state index in [0.717, 1.165) is 0 Å². The summed E-state index contributed by atoms with van der Waals surface area (Å²) in [7, 11) is -4.50. The maximum atomic E-state index is 12.9. The molecule has 0 atom stereocenters. The number of nitrogens with zero attached hydrogens (tertiary/aromatic N) is 2. The minimum Gasteiger partial charge on any atom is -0.424 e. The third kappa shape index (κ3) is 3.78. The molecule has 1 aliphatic rings. The lowest BCUT2D eigenvalue weighted by atomic mass is 10.1. The summed E-state index contributed by atoms with van der Waals surface area (Å²) >= 11 is 0. The maximum absolute atomic E-state index is 12.9. The van der Waals surface area contributed by atoms with Crippen molar-refractivity contribution in [2.24, 2.45) is 5.92 Å². The van der Waals surface area contributed by atoms with Gasteiger partial charge in [-0.15, -0.1) is 0 Å². The van der Waals surface area contributed by atoms with Crippen LogP contribution in [0.3, 0.4) is 0 Å². The Morgan fingerprint density at radius 1 is 1.36 bits per heavy atom. The number of sulfonamides is 1. The first-order chi connectivity index (χ1) is 11.7. The number of fused-ring (bicyclic) bond motifs is 1. The third-order valence-corrected chi connectivity index (χ3v) is 5.34. The molecule has 0 aromatic carbocycles. The van der Waals surface area contributed by atoms with Gasteiger partial charge in [0.15, 0.2) is 11.6 Å². The normalized spacial score (nSPS) is 16.4. The largest absolute Gasteiger partial charge is 0.424 e. The van der Waals surface area contributed by atoms with Crippen LogP contribution in [0.1, 0.15) is 25.8 Å². The van der Waals surface area contributed by atoms with Gasteiger partial charge in [0, 0.05) is 12.6 Å². The van der Waals surface area contributed by atoms with Crippen molar-refractivity contribution in [1.82, 2.24) is 4.98 Å². The second-order valence-electron chi connectivity index (χ2n) is 5.57. The third-order valence-electron chi connectivity index (χ3n) is 3.42. The fourth-order valence-corrected chi connectivity index (χ4v) is 3.92. The zero-order chi connectivity index (χ0) is 18.8. The Balaban J connectivity index is 2.69. The Bertz CT molecular complexity index is 794. The average molecular weight is 378 g/mol. The SMILES string of the molecule is CC(C)C(=O)OC1=C(CCF)S(=O)(=O)N(CC(F)F)c2ncccc21. The number of halogens is 3. The highest BCUT2D eigenvalue weighted by atomic mass is 32.2. The van der Waals surface area contributed by atoms with Crippen molar-refractivity contribution >= 4 is 27.6 Å². The molecule has 6 nitrogen and oxygen atoms in total. The number of carbonyl (C=O) groups is 1. The molecule has 1 aromatic heterocycles. The summed E-state index contributed by atoms with van der Waals surface area (Å²) in [6.45, 7) is 0.896. The van der Waals surface area contributed by atoms with Crippen LogP contribution in [0.15, 0.2) is 23.2 Å². The molecular formula is C15H17F3N2O4S. The predicted octanol–water partition coefficient (Wildman–Crippen LogP) is 2.72. The van der Waals surface area contributed by atoms with E-state index in [1.807, 2.05) is 0 Å². The number of rotatable bonds is 6. The summed E-state index contributed by atoms with van der Waals surface area (Å²) in [6.07, 6.45) is -2.33. The van der Waals surface area contributed by atoms with Crippen molar-refractivity contribution in [1.29, 1.82) is 0 Å². The van der Waals surface area contributed by atoms with E-state index >= 15 is 0 Å². The number of hydrogen-bond donors (Lipinski definition) is 0. The topological polar surface area (TPSA) is 76.6 Å². The van der Waals surface area contributed by atoms with Gasteiger partial charge in [-0.2, -0.15) is 0 Å². The second kappa shape index (κ2) is 7.42. The molecule has 0 aliphatic carbocycles. The van der Waals surface area contributed by atoms with E-state index < -0.39 is 52.9 Å². The number of carbonyl (C=O) groups excluding carboxylic acids is 1. The lowest BCUT2D eigenvalue weighted by Gasteiger charge is -2.31. The molecule has 0 bridgehead atoms. The number of anilines is 1. The molecule has 2 heterocycles. The Hall–Kier alpha value is -2.10. The summed E-state index contributed by atoms with van der Waals surface area (Å²) in [5.41, 5.74) is 0.0513. The fourth-order valence-electron chi connectivity index (χ4n) is 2.26. The fraction of sp³-hybridized carbons (Fsp3) is 0.467. The number of esters is 1. The van der Waals surface area contributed by atoms with E-state index in [2.05, 4.69) is 4.98 Å². The van der Waals surface area contributed by atoms with Crippen molar-refractivity contribution < 1.29 is 31.1 Å². The number of hydrogen-bond acceptors (Lipinski definition) is 5. The molecule has 0 saturated carbocycles. The lowest BCUT2D eigenvalue weighted by molar-refractivity contribution is -0.140. The quantitative estimate of drug-likeness (QED) is 0.712. The Morgan fingerprint density at radius 3 is 2.60 bits per heavy atom. The van der Waals surface area contributed by atoms with Crippen molar-refractivity contribution in [2.45, 2.75) is 26.7 Å². The van der Waals surface area contributed by atoms with E-state index in [0.29, 0.717) is 4.31 Å². The highest BCUT2D eigenvalue weighted by Crippen LogP contribution is 2.40. The van der Waals surface area contributed by atoms with Crippen molar-refractivity contribution in [3.8, 4) is 0 Å². The van der Waals surface area contributed by atoms with E-state index in [-0.39, 0.29) is 17.1 Å². The smallest absolute Gasteiger partial charge is 0.313 e. The van der Waals surface area contributed by atoms with Gasteiger partial charge in [0.2, 0.25) is 0 Å². The molecule has 0 unspecified atom stereocenters. The van der Waals surface area contributed by atoms with Gasteiger partial charge >= 0.3 is 5.97 Å². The number of pyridine rings is 1. The van der Waals surface area contributed by atoms with Gasteiger partial charge in [-0.1, -0.05) is 13.8 Å². The zero-order valence-electron chi connectivity index (χ0n) is 13.6. The highest BCUT2D eigenvalue weighted by molar-refractivity contribution is 7.96. The molecule has 0 amide bonds. The second-order valence-corrected chi connectivity index (χ2v) is 7.45. The predicted molar refractivity (Wildman–Crippen MR) is 84.9 cm³/mol. The van der Waals surface area contributed by atoms with Crippen molar-refractivity contribution in [3.05, 3.63) is 28.8 Å². The van der Waals surface area contributed by atoms with Crippen molar-refractivity contribution in [2.75, 3.05) is 17.5 Å². The number of aromatic nitrogens is 1. The van der Waals surface area contributed by atoms with Crippen LogP contribution >= 0.6 is 0 Å². The minimum atomic E-state index is -4.50. The molecule has 0 radical (unpaired) electrons. The van der Waals surface area contributed by atoms with Gasteiger partial charge in [0.25, 0.3) is 16.4 Å². The molecule has 0 spiro atoms. The molecule has 1 aromatic rings. The van der Waals surface area contributed by atoms with Gasteiger partial charge in [-0.25, -0.2) is 26.5 Å². The maximum Gasteiger partial charge on any atom is 0.313 e. The molecule has 1 aliphatic heterocycles. The van der Waals surface area contributed by atoms with Gasteiger partial charge in [0.05, 0.1) is 24.7 Å². The molecule has 138 valence electrons. The first-order valence-electron chi connectivity index (χ1n) is 7.47. The summed E-state index contributed by atoms with van der Waals surface area (Å²) in [5, 5.41) is 0. The van der Waals surface area contributed by atoms with Gasteiger partial charge in [0.1, 0.15) is 4.91 Å². The number of ether oxygens (including phenoxy) is 1. The first-order valence-corrected chi connectivity index (χ1v) is 8.91. The zero-order valence-corrected chi connectivity index (χ0v) is 14.4. The van der Waals surface area contributed by atoms with E-state index in [1.54, 1.807) is 13.8 Å². The molecule has 0 saturated heterocycles. The summed E-state index contributed by atoms with van der Waals surface area (Å²) in [5.74, 6) is -1.93. The summed E-state index contributed by atoms with van der Waals surface area (Å²) < 4.78 is 69.7. The van der Waals surface area contributed by atoms with Crippen LogP contribution in [0, 0.1) is 5.92 Å². The van der Waals surface area contributed by atoms with Gasteiger partial charge in [-0.05, 0) is 12.1 Å². The first kappa shape index (κ1) is 19.2. The standard InChI is InChI=1S/C15H17F3N2O4S/c1-9(2)15(21)24-13-10-4-3-7-19-14(10)20(8-12(17)18)25(22,23)11(13)5-6-16/h3-4,7,9,12H,5-6,8H2,1-2H3. The van der Waals surface area contributed by atoms with Crippen LogP contribution in [0.5, 0.6) is 0 Å². The molecule has 0 fully saturated rings. The summed E-state index contributed by atoms with van der Waals surface area (Å²) in [6, 6.07) is 2.82. The van der Waals surface area contributed by atoms with Crippen LogP contribution in [-0.4, -0.2) is 39.0 Å². The van der Waals surface area contributed by atoms with Crippen LogP contribution in [0.2, 0.25) is 0 Å². The average Bonchev–Trinajstić information content (AvgIpc) is 2.54. The molecule has 10 heteroatoms. The van der Waals surface area contributed by atoms with E-state index in [9.17, 15) is 26.4 Å². The van der Waals surface area contributed by atoms with Gasteiger partial charge < -0.3 is 4.74 Å². The van der Waals surface area contributed by atoms with E-state index in [4.69, 9.17) is 4.74 Å². The Labute approximate surface area is 143 Å². The highest BCUT2D eigenvalue weighted by Gasteiger charge is 2.41. The van der Waals surface area contributed by atoms with Crippen LogP contribution in [-0.2, 0) is 19.6 Å². The Morgan fingerprint density at radius 2 is 2.04 bits per heavy atom. The molecule has 2 rings (SSSR count). The molecule has 0 N–H and O–H groups in total. The molecular weight excluding hydrogens is 361 g/mol. The monoisotopic (exact) mass is 378 g/mol. The Kier molecular flexibility index (Phi) is 5.71. The van der Waals surface area contributed by atoms with Crippen LogP contribution in [0.25, 0.3) is 5.76 Å². The van der Waals surface area contributed by atoms with Crippen molar-refractivity contribution in [3.63, 3.8) is 0 Å².